The molecule has 0 unspecified atom stereocenters. The third-order valence-corrected chi connectivity index (χ3v) is 4.95. The van der Waals surface area contributed by atoms with E-state index in [0.29, 0.717) is 18.8 Å². The number of aromatic nitrogens is 1. The highest BCUT2D eigenvalue weighted by Gasteiger charge is 2.08. The maximum Gasteiger partial charge on any atom is 0.407 e. The maximum absolute atomic E-state index is 12.0. The van der Waals surface area contributed by atoms with Gasteiger partial charge in [0.2, 0.25) is 0 Å². The first-order valence-electron chi connectivity index (χ1n) is 10.1. The monoisotopic (exact) mass is 412 g/mol. The summed E-state index contributed by atoms with van der Waals surface area (Å²) < 4.78 is 5.25. The molecule has 0 spiro atoms. The summed E-state index contributed by atoms with van der Waals surface area (Å²) in [5.74, 6) is 0.461. The van der Waals surface area contributed by atoms with Gasteiger partial charge in [0.05, 0.1) is 5.69 Å². The molecule has 3 aromatic carbocycles. The average Bonchev–Trinajstić information content (AvgIpc) is 3.21. The summed E-state index contributed by atoms with van der Waals surface area (Å²) in [7, 11) is 0. The van der Waals surface area contributed by atoms with Crippen LogP contribution in [0.15, 0.2) is 90.1 Å². The van der Waals surface area contributed by atoms with Gasteiger partial charge in [0, 0.05) is 29.2 Å². The number of hydrogen-bond acceptors (Lipinski definition) is 3. The van der Waals surface area contributed by atoms with Crippen LogP contribution in [0.5, 0.6) is 0 Å². The van der Waals surface area contributed by atoms with E-state index in [-0.39, 0.29) is 6.61 Å². The number of para-hydroxylation sites is 1. The topological polar surface area (TPSA) is 92.5 Å². The first-order chi connectivity index (χ1) is 15.2. The Balaban J connectivity index is 1.37. The van der Waals surface area contributed by atoms with E-state index in [1.165, 1.54) is 0 Å². The van der Waals surface area contributed by atoms with Gasteiger partial charge in [0.15, 0.2) is 0 Å². The van der Waals surface area contributed by atoms with Crippen molar-refractivity contribution in [2.24, 2.45) is 10.7 Å². The zero-order valence-electron chi connectivity index (χ0n) is 17.0. The number of aliphatic imine (C=N–C) groups is 1. The van der Waals surface area contributed by atoms with E-state index < -0.39 is 6.09 Å². The largest absolute Gasteiger partial charge is 0.445 e. The summed E-state index contributed by atoms with van der Waals surface area (Å²) in [4.78, 5) is 19.7. The molecule has 0 saturated carbocycles. The average molecular weight is 412 g/mol. The number of nitrogens with zero attached hydrogens (tertiary/aromatic N) is 1. The molecular formula is C25H24N4O2. The quantitative estimate of drug-likeness (QED) is 0.304. The van der Waals surface area contributed by atoms with Crippen LogP contribution in [0.4, 0.5) is 10.5 Å². The zero-order chi connectivity index (χ0) is 21.5. The van der Waals surface area contributed by atoms with Gasteiger partial charge in [-0.3, -0.25) is 0 Å². The number of benzene rings is 3. The Morgan fingerprint density at radius 1 is 1.00 bits per heavy atom. The van der Waals surface area contributed by atoms with Crippen molar-refractivity contribution in [2.45, 2.75) is 13.0 Å². The zero-order valence-corrected chi connectivity index (χ0v) is 17.0. The third kappa shape index (κ3) is 5.30. The molecule has 0 saturated heterocycles. The molecule has 156 valence electrons. The number of amidine groups is 1. The number of rotatable bonds is 7. The Labute approximate surface area is 180 Å². The van der Waals surface area contributed by atoms with Gasteiger partial charge in [0.25, 0.3) is 0 Å². The summed E-state index contributed by atoms with van der Waals surface area (Å²) in [6.45, 7) is 0.724. The summed E-state index contributed by atoms with van der Waals surface area (Å²) in [6.07, 6.45) is 2.19. The van der Waals surface area contributed by atoms with E-state index >= 15 is 0 Å². The SMILES string of the molecule is NC(=Nc1ccccc1)c1ccc2[nH]cc(CCNC(=O)OCc3ccccc3)c2c1. The van der Waals surface area contributed by atoms with E-state index in [0.717, 1.165) is 33.3 Å². The van der Waals surface area contributed by atoms with Gasteiger partial charge in [0.1, 0.15) is 12.4 Å². The van der Waals surface area contributed by atoms with Crippen LogP contribution in [0.2, 0.25) is 0 Å². The van der Waals surface area contributed by atoms with Crippen molar-refractivity contribution in [1.29, 1.82) is 0 Å². The van der Waals surface area contributed by atoms with Crippen molar-refractivity contribution in [3.8, 4) is 0 Å². The molecule has 0 aliphatic rings. The Kier molecular flexibility index (Phi) is 6.28. The van der Waals surface area contributed by atoms with Gasteiger partial charge in [-0.1, -0.05) is 48.5 Å². The van der Waals surface area contributed by atoms with Gasteiger partial charge in [-0.25, -0.2) is 9.79 Å². The summed E-state index contributed by atoms with van der Waals surface area (Å²) >= 11 is 0. The Bertz CT molecular complexity index is 1180. The van der Waals surface area contributed by atoms with Crippen LogP contribution in [0.25, 0.3) is 10.9 Å². The third-order valence-electron chi connectivity index (χ3n) is 4.95. The molecule has 0 atom stereocenters. The molecule has 1 aromatic heterocycles. The Hall–Kier alpha value is -4.06. The van der Waals surface area contributed by atoms with Gasteiger partial charge in [-0.2, -0.15) is 0 Å². The molecule has 4 aromatic rings. The number of hydrogen-bond donors (Lipinski definition) is 3. The maximum atomic E-state index is 12.0. The fourth-order valence-electron chi connectivity index (χ4n) is 3.32. The molecule has 0 aliphatic heterocycles. The van der Waals surface area contributed by atoms with Crippen molar-refractivity contribution in [3.05, 3.63) is 102 Å². The second kappa shape index (κ2) is 9.63. The standard InChI is InChI=1S/C25H24N4O2/c26-24(29-21-9-5-2-6-10-21)19-11-12-23-22(15-19)20(16-28-23)13-14-27-25(30)31-17-18-7-3-1-4-8-18/h1-12,15-16,28H,13-14,17H2,(H2,26,29)(H,27,30). The number of carbonyl (C=O) groups excluding carboxylic acids is 1. The van der Waals surface area contributed by atoms with Crippen LogP contribution in [-0.2, 0) is 17.8 Å². The van der Waals surface area contributed by atoms with Crippen LogP contribution >= 0.6 is 0 Å². The lowest BCUT2D eigenvalue weighted by Gasteiger charge is -2.07. The van der Waals surface area contributed by atoms with E-state index in [4.69, 9.17) is 10.5 Å². The normalized spacial score (nSPS) is 11.4. The van der Waals surface area contributed by atoms with E-state index in [1.807, 2.05) is 85.1 Å². The fraction of sp³-hybridized carbons (Fsp3) is 0.120. The highest BCUT2D eigenvalue weighted by molar-refractivity contribution is 6.02. The number of carbonyl (C=O) groups is 1. The number of amides is 1. The molecule has 0 aliphatic carbocycles. The van der Waals surface area contributed by atoms with Crippen LogP contribution in [0.1, 0.15) is 16.7 Å². The van der Waals surface area contributed by atoms with Gasteiger partial charge in [-0.05, 0) is 47.9 Å². The van der Waals surface area contributed by atoms with Gasteiger partial charge >= 0.3 is 6.09 Å². The van der Waals surface area contributed by atoms with Crippen molar-refractivity contribution in [2.75, 3.05) is 6.54 Å². The molecule has 4 N–H and O–H groups in total. The Morgan fingerprint density at radius 2 is 1.74 bits per heavy atom. The molecule has 31 heavy (non-hydrogen) atoms. The van der Waals surface area contributed by atoms with Crippen LogP contribution < -0.4 is 11.1 Å². The van der Waals surface area contributed by atoms with Crippen molar-refractivity contribution in [1.82, 2.24) is 10.3 Å². The van der Waals surface area contributed by atoms with E-state index in [2.05, 4.69) is 15.3 Å². The fourth-order valence-corrected chi connectivity index (χ4v) is 3.32. The number of aromatic amines is 1. The first kappa shape index (κ1) is 20.2. The number of ether oxygens (including phenoxy) is 1. The van der Waals surface area contributed by atoms with Crippen molar-refractivity contribution < 1.29 is 9.53 Å². The minimum absolute atomic E-state index is 0.253. The number of fused-ring (bicyclic) bond motifs is 1. The number of H-pyrrole nitrogens is 1. The lowest BCUT2D eigenvalue weighted by Crippen LogP contribution is -2.26. The molecule has 6 nitrogen and oxygen atoms in total. The molecular weight excluding hydrogens is 388 g/mol. The predicted molar refractivity (Wildman–Crippen MR) is 123 cm³/mol. The summed E-state index contributed by atoms with van der Waals surface area (Å²) in [5, 5.41) is 3.86. The molecule has 1 heterocycles. The van der Waals surface area contributed by atoms with E-state index in [1.54, 1.807) is 0 Å². The summed E-state index contributed by atoms with van der Waals surface area (Å²) in [6, 6.07) is 25.2. The molecule has 6 heteroatoms. The minimum Gasteiger partial charge on any atom is -0.445 e. The lowest BCUT2D eigenvalue weighted by molar-refractivity contribution is 0.140. The molecule has 0 bridgehead atoms. The first-order valence-corrected chi connectivity index (χ1v) is 10.1. The smallest absolute Gasteiger partial charge is 0.407 e. The lowest BCUT2D eigenvalue weighted by atomic mass is 10.1. The van der Waals surface area contributed by atoms with Crippen LogP contribution in [0.3, 0.4) is 0 Å². The van der Waals surface area contributed by atoms with Gasteiger partial charge < -0.3 is 20.8 Å². The predicted octanol–water partition coefficient (Wildman–Crippen LogP) is 4.67. The number of alkyl carbamates (subject to hydrolysis) is 1. The number of nitrogens with one attached hydrogen (secondary N) is 2. The van der Waals surface area contributed by atoms with Crippen molar-refractivity contribution in [3.63, 3.8) is 0 Å². The molecule has 0 fully saturated rings. The second-order valence-electron chi connectivity index (χ2n) is 7.15. The molecule has 1 amide bonds. The highest BCUT2D eigenvalue weighted by Crippen LogP contribution is 2.21. The van der Waals surface area contributed by atoms with Crippen LogP contribution in [-0.4, -0.2) is 23.5 Å². The molecule has 0 radical (unpaired) electrons. The van der Waals surface area contributed by atoms with Crippen LogP contribution in [0, 0.1) is 0 Å². The summed E-state index contributed by atoms with van der Waals surface area (Å²) in [5.41, 5.74) is 10.9. The van der Waals surface area contributed by atoms with E-state index in [9.17, 15) is 4.79 Å². The van der Waals surface area contributed by atoms with Crippen molar-refractivity contribution >= 4 is 28.5 Å². The molecule has 4 rings (SSSR count). The number of nitrogens with two attached hydrogens (primary N) is 1. The Morgan fingerprint density at radius 3 is 2.52 bits per heavy atom. The second-order valence-corrected chi connectivity index (χ2v) is 7.15. The van der Waals surface area contributed by atoms with Gasteiger partial charge in [-0.15, -0.1) is 0 Å². The highest BCUT2D eigenvalue weighted by atomic mass is 16.5. The minimum atomic E-state index is -0.427.